The first-order chi connectivity index (χ1) is 8.51. The van der Waals surface area contributed by atoms with Crippen LogP contribution in [0.3, 0.4) is 0 Å². The van der Waals surface area contributed by atoms with Crippen LogP contribution in [0, 0.1) is 0 Å². The van der Waals surface area contributed by atoms with Crippen molar-refractivity contribution in [3.8, 4) is 0 Å². The third-order valence-electron chi connectivity index (χ3n) is 2.24. The fourth-order valence-corrected chi connectivity index (χ4v) is 2.57. The van der Waals surface area contributed by atoms with Crippen LogP contribution in [0.2, 0.25) is 0 Å². The Balaban J connectivity index is 2.93. The summed E-state index contributed by atoms with van der Waals surface area (Å²) in [6.07, 6.45) is 1.62. The van der Waals surface area contributed by atoms with Gasteiger partial charge in [-0.25, -0.2) is 8.42 Å². The number of carbonyl (C=O) groups excluding carboxylic acids is 1. The maximum atomic E-state index is 12.0. The fourth-order valence-electron chi connectivity index (χ4n) is 1.36. The van der Waals surface area contributed by atoms with E-state index in [1.165, 1.54) is 25.3 Å². The van der Waals surface area contributed by atoms with Crippen LogP contribution in [0.4, 0.5) is 0 Å². The van der Waals surface area contributed by atoms with Crippen molar-refractivity contribution >= 4 is 16.0 Å². The van der Waals surface area contributed by atoms with Crippen molar-refractivity contribution < 1.29 is 17.9 Å². The first kappa shape index (κ1) is 14.4. The van der Waals surface area contributed by atoms with Gasteiger partial charge in [0, 0.05) is 0 Å². The zero-order valence-electron chi connectivity index (χ0n) is 10.00. The Morgan fingerprint density at radius 1 is 1.44 bits per heavy atom. The van der Waals surface area contributed by atoms with E-state index in [-0.39, 0.29) is 11.3 Å². The Bertz CT molecular complexity index is 510. The van der Waals surface area contributed by atoms with E-state index in [9.17, 15) is 13.2 Å². The van der Waals surface area contributed by atoms with Crippen molar-refractivity contribution in [1.29, 1.82) is 0 Å². The maximum Gasteiger partial charge on any atom is 0.324 e. The van der Waals surface area contributed by atoms with Gasteiger partial charge in [0.25, 0.3) is 0 Å². The summed E-state index contributed by atoms with van der Waals surface area (Å²) in [5.74, 6) is -0.644. The van der Waals surface area contributed by atoms with Crippen molar-refractivity contribution in [2.24, 2.45) is 0 Å². The second-order valence-electron chi connectivity index (χ2n) is 3.53. The Morgan fingerprint density at radius 2 is 2.06 bits per heavy atom. The molecule has 1 atom stereocenters. The molecule has 0 amide bonds. The van der Waals surface area contributed by atoms with Crippen molar-refractivity contribution in [2.45, 2.75) is 17.4 Å². The highest BCUT2D eigenvalue weighted by Crippen LogP contribution is 2.09. The minimum atomic E-state index is -3.74. The van der Waals surface area contributed by atoms with Crippen LogP contribution in [-0.2, 0) is 19.6 Å². The Hall–Kier alpha value is -1.66. The number of sulfonamides is 1. The molecule has 0 heterocycles. The van der Waals surface area contributed by atoms with Gasteiger partial charge < -0.3 is 4.74 Å². The van der Waals surface area contributed by atoms with E-state index in [1.54, 1.807) is 18.2 Å². The third kappa shape index (κ3) is 3.68. The summed E-state index contributed by atoms with van der Waals surface area (Å²) < 4.78 is 30.8. The second-order valence-corrected chi connectivity index (χ2v) is 5.25. The van der Waals surface area contributed by atoms with Crippen LogP contribution in [-0.4, -0.2) is 27.5 Å². The van der Waals surface area contributed by atoms with Gasteiger partial charge in [0.1, 0.15) is 6.04 Å². The summed E-state index contributed by atoms with van der Waals surface area (Å²) in [6, 6.07) is 6.86. The lowest BCUT2D eigenvalue weighted by molar-refractivity contribution is -0.142. The number of hydrogen-bond donors (Lipinski definition) is 1. The lowest BCUT2D eigenvalue weighted by Crippen LogP contribution is -2.41. The average molecular weight is 269 g/mol. The third-order valence-corrected chi connectivity index (χ3v) is 3.73. The van der Waals surface area contributed by atoms with Gasteiger partial charge in [0.15, 0.2) is 0 Å². The second kappa shape index (κ2) is 6.32. The first-order valence-corrected chi connectivity index (χ1v) is 6.75. The zero-order valence-corrected chi connectivity index (χ0v) is 10.8. The summed E-state index contributed by atoms with van der Waals surface area (Å²) in [7, 11) is -2.53. The molecule has 6 heteroatoms. The zero-order chi connectivity index (χ0) is 13.6. The van der Waals surface area contributed by atoms with E-state index < -0.39 is 22.0 Å². The van der Waals surface area contributed by atoms with E-state index in [0.29, 0.717) is 0 Å². The van der Waals surface area contributed by atoms with Gasteiger partial charge in [-0.2, -0.15) is 4.72 Å². The Kier molecular flexibility index (Phi) is 5.06. The molecule has 1 unspecified atom stereocenters. The molecule has 0 spiro atoms. The first-order valence-electron chi connectivity index (χ1n) is 5.27. The molecule has 0 saturated heterocycles. The van der Waals surface area contributed by atoms with Gasteiger partial charge >= 0.3 is 5.97 Å². The SMILES string of the molecule is C=CCC(NS(=O)(=O)c1ccccc1)C(=O)OC. The number of nitrogens with one attached hydrogen (secondary N) is 1. The predicted octanol–water partition coefficient (Wildman–Crippen LogP) is 1.08. The molecule has 5 nitrogen and oxygen atoms in total. The maximum absolute atomic E-state index is 12.0. The Morgan fingerprint density at radius 3 is 2.56 bits per heavy atom. The summed E-state index contributed by atoms with van der Waals surface area (Å²) in [5.41, 5.74) is 0. The number of rotatable bonds is 6. The molecule has 0 bridgehead atoms. The van der Waals surface area contributed by atoms with Gasteiger partial charge in [-0.1, -0.05) is 24.3 Å². The number of ether oxygens (including phenoxy) is 1. The summed E-state index contributed by atoms with van der Waals surface area (Å²) in [4.78, 5) is 11.5. The fraction of sp³-hybridized carbons (Fsp3) is 0.250. The number of hydrogen-bond acceptors (Lipinski definition) is 4. The van der Waals surface area contributed by atoms with Crippen molar-refractivity contribution in [3.63, 3.8) is 0 Å². The molecule has 0 saturated carbocycles. The molecule has 1 aromatic carbocycles. The molecule has 1 N–H and O–H groups in total. The lowest BCUT2D eigenvalue weighted by atomic mass is 10.2. The summed E-state index contributed by atoms with van der Waals surface area (Å²) in [5, 5.41) is 0. The minimum Gasteiger partial charge on any atom is -0.468 e. The molecular weight excluding hydrogens is 254 g/mol. The van der Waals surface area contributed by atoms with Crippen molar-refractivity contribution in [1.82, 2.24) is 4.72 Å². The lowest BCUT2D eigenvalue weighted by Gasteiger charge is -2.14. The molecule has 0 aliphatic carbocycles. The normalized spacial score (nSPS) is 12.7. The van der Waals surface area contributed by atoms with Crippen LogP contribution < -0.4 is 4.72 Å². The monoisotopic (exact) mass is 269 g/mol. The Labute approximate surface area is 107 Å². The highest BCUT2D eigenvalue weighted by molar-refractivity contribution is 7.89. The largest absolute Gasteiger partial charge is 0.468 e. The summed E-state index contributed by atoms with van der Waals surface area (Å²) >= 11 is 0. The van der Waals surface area contributed by atoms with Gasteiger partial charge in [-0.15, -0.1) is 6.58 Å². The van der Waals surface area contributed by atoms with Gasteiger partial charge in [0.05, 0.1) is 12.0 Å². The highest BCUT2D eigenvalue weighted by Gasteiger charge is 2.25. The quantitative estimate of drug-likeness (QED) is 0.619. The smallest absolute Gasteiger partial charge is 0.324 e. The van der Waals surface area contributed by atoms with E-state index >= 15 is 0 Å². The van der Waals surface area contributed by atoms with Crippen LogP contribution >= 0.6 is 0 Å². The highest BCUT2D eigenvalue weighted by atomic mass is 32.2. The van der Waals surface area contributed by atoms with E-state index in [0.717, 1.165) is 0 Å². The molecule has 0 aromatic heterocycles. The van der Waals surface area contributed by atoms with Crippen LogP contribution in [0.5, 0.6) is 0 Å². The standard InChI is InChI=1S/C12H15NO4S/c1-3-7-11(12(14)17-2)13-18(15,16)10-8-5-4-6-9-10/h3-6,8-9,11,13H,1,7H2,2H3. The number of benzene rings is 1. The predicted molar refractivity (Wildman–Crippen MR) is 67.4 cm³/mol. The molecule has 18 heavy (non-hydrogen) atoms. The topological polar surface area (TPSA) is 72.5 Å². The average Bonchev–Trinajstić information content (AvgIpc) is 2.38. The van der Waals surface area contributed by atoms with Crippen molar-refractivity contribution in [3.05, 3.63) is 43.0 Å². The van der Waals surface area contributed by atoms with Crippen LogP contribution in [0.1, 0.15) is 6.42 Å². The van der Waals surface area contributed by atoms with Crippen molar-refractivity contribution in [2.75, 3.05) is 7.11 Å². The van der Waals surface area contributed by atoms with Gasteiger partial charge in [-0.3, -0.25) is 4.79 Å². The van der Waals surface area contributed by atoms with E-state index in [1.807, 2.05) is 0 Å². The number of methoxy groups -OCH3 is 1. The molecule has 0 aliphatic heterocycles. The summed E-state index contributed by atoms with van der Waals surface area (Å²) in [6.45, 7) is 3.48. The van der Waals surface area contributed by atoms with Gasteiger partial charge in [-0.05, 0) is 18.6 Å². The molecule has 0 radical (unpaired) electrons. The number of carbonyl (C=O) groups is 1. The van der Waals surface area contributed by atoms with Crippen LogP contribution in [0.15, 0.2) is 47.9 Å². The molecule has 0 aliphatic rings. The molecule has 98 valence electrons. The molecular formula is C12H15NO4S. The van der Waals surface area contributed by atoms with Gasteiger partial charge in [0.2, 0.25) is 10.0 Å². The van der Waals surface area contributed by atoms with E-state index in [4.69, 9.17) is 0 Å². The van der Waals surface area contributed by atoms with Crippen LogP contribution in [0.25, 0.3) is 0 Å². The minimum absolute atomic E-state index is 0.1000. The molecule has 1 aromatic rings. The molecule has 1 rings (SSSR count). The van der Waals surface area contributed by atoms with E-state index in [2.05, 4.69) is 16.0 Å². The molecule has 0 fully saturated rings. The number of esters is 1.